The van der Waals surface area contributed by atoms with Crippen LogP contribution in [0, 0.1) is 0 Å². The van der Waals surface area contributed by atoms with Crippen molar-refractivity contribution in [2.75, 3.05) is 32.1 Å². The Balaban J connectivity index is 1.37. The molecular formula is C32H44N2O7. The van der Waals surface area contributed by atoms with Crippen molar-refractivity contribution in [2.24, 2.45) is 0 Å². The first kappa shape index (κ1) is 31.1. The zero-order valence-electron chi connectivity index (χ0n) is 24.0. The fraction of sp³-hybridized carbons (Fsp3) is 0.562. The molecule has 2 aromatic rings. The number of hydrogen-bond donors (Lipinski definition) is 3. The van der Waals surface area contributed by atoms with Crippen molar-refractivity contribution >= 4 is 17.6 Å². The summed E-state index contributed by atoms with van der Waals surface area (Å²) < 4.78 is 18.4. The van der Waals surface area contributed by atoms with Crippen LogP contribution in [-0.2, 0) is 30.4 Å². The minimum Gasteiger partial charge on any atom is -0.481 e. The van der Waals surface area contributed by atoms with E-state index < -0.39 is 12.3 Å². The molecule has 1 amide bonds. The van der Waals surface area contributed by atoms with Gasteiger partial charge < -0.3 is 29.7 Å². The molecule has 2 aromatic carbocycles. The lowest BCUT2D eigenvalue weighted by atomic mass is 9.99. The highest BCUT2D eigenvalue weighted by Gasteiger charge is 2.35. The van der Waals surface area contributed by atoms with Gasteiger partial charge in [0.25, 0.3) is 0 Å². The number of benzene rings is 2. The van der Waals surface area contributed by atoms with E-state index in [1.54, 1.807) is 7.11 Å². The van der Waals surface area contributed by atoms with E-state index in [0.717, 1.165) is 74.9 Å². The second-order valence-corrected chi connectivity index (χ2v) is 11.1. The molecule has 224 valence electrons. The van der Waals surface area contributed by atoms with Gasteiger partial charge in [-0.1, -0.05) is 49.2 Å². The summed E-state index contributed by atoms with van der Waals surface area (Å²) in [7, 11) is 1.75. The molecule has 0 spiro atoms. The Labute approximate surface area is 242 Å². The summed E-state index contributed by atoms with van der Waals surface area (Å²) in [5.74, 6) is -0.830. The monoisotopic (exact) mass is 568 g/mol. The summed E-state index contributed by atoms with van der Waals surface area (Å²) >= 11 is 0. The van der Waals surface area contributed by atoms with Crippen LogP contribution in [0.15, 0.2) is 48.5 Å². The number of nitrogens with one attached hydrogen (secondary N) is 1. The van der Waals surface area contributed by atoms with E-state index in [4.69, 9.17) is 19.3 Å². The molecule has 2 aliphatic heterocycles. The van der Waals surface area contributed by atoms with Crippen LogP contribution in [0.1, 0.15) is 86.9 Å². The lowest BCUT2D eigenvalue weighted by Gasteiger charge is -2.38. The molecule has 0 bridgehead atoms. The van der Waals surface area contributed by atoms with Crippen LogP contribution < -0.4 is 5.32 Å². The fourth-order valence-electron chi connectivity index (χ4n) is 5.67. The first-order valence-corrected chi connectivity index (χ1v) is 14.8. The normalized spacial score (nSPS) is 23.0. The molecule has 4 atom stereocenters. The topological polar surface area (TPSA) is 118 Å². The molecular weight excluding hydrogens is 524 g/mol. The van der Waals surface area contributed by atoms with Crippen molar-refractivity contribution in [2.45, 2.75) is 88.9 Å². The first-order valence-electron chi connectivity index (χ1n) is 14.8. The van der Waals surface area contributed by atoms with Crippen LogP contribution in [0.2, 0.25) is 0 Å². The predicted octanol–water partition coefficient (Wildman–Crippen LogP) is 5.20. The molecule has 2 aliphatic rings. The number of nitrogens with zero attached hydrogens (tertiary/aromatic N) is 1. The van der Waals surface area contributed by atoms with Gasteiger partial charge in [0, 0.05) is 50.2 Å². The van der Waals surface area contributed by atoms with Crippen LogP contribution in [-0.4, -0.2) is 65.9 Å². The number of anilines is 1. The van der Waals surface area contributed by atoms with Gasteiger partial charge in [-0.05, 0) is 55.5 Å². The molecule has 0 aliphatic carbocycles. The summed E-state index contributed by atoms with van der Waals surface area (Å²) in [4.78, 5) is 25.4. The second kappa shape index (κ2) is 16.0. The van der Waals surface area contributed by atoms with Crippen LogP contribution in [0.25, 0.3) is 0 Å². The second-order valence-electron chi connectivity index (χ2n) is 11.1. The number of carbonyl (C=O) groups excluding carboxylic acids is 1. The number of hydrogen-bond acceptors (Lipinski definition) is 7. The average Bonchev–Trinajstić information content (AvgIpc) is 3.41. The van der Waals surface area contributed by atoms with E-state index >= 15 is 0 Å². The number of aliphatic carboxylic acids is 1. The van der Waals surface area contributed by atoms with Gasteiger partial charge in [0.05, 0.1) is 25.4 Å². The smallest absolute Gasteiger partial charge is 0.303 e. The highest BCUT2D eigenvalue weighted by atomic mass is 16.7. The number of aliphatic hydroxyl groups excluding tert-OH is 1. The van der Waals surface area contributed by atoms with Crippen LogP contribution in [0.5, 0.6) is 0 Å². The summed E-state index contributed by atoms with van der Waals surface area (Å²) in [6.07, 6.45) is 5.91. The number of carbonyl (C=O) groups is 2. The molecule has 0 unspecified atom stereocenters. The maximum Gasteiger partial charge on any atom is 0.303 e. The van der Waals surface area contributed by atoms with Gasteiger partial charge in [0.15, 0.2) is 6.29 Å². The zero-order chi connectivity index (χ0) is 29.0. The number of aliphatic hydroxyl groups is 1. The Bertz CT molecular complexity index is 1090. The molecule has 2 heterocycles. The largest absolute Gasteiger partial charge is 0.481 e. The molecule has 3 N–H and O–H groups in total. The minimum atomic E-state index is -0.778. The van der Waals surface area contributed by atoms with Crippen molar-refractivity contribution in [3.8, 4) is 0 Å². The summed E-state index contributed by atoms with van der Waals surface area (Å²) in [6.45, 7) is 2.57. The number of amides is 1. The van der Waals surface area contributed by atoms with Crippen molar-refractivity contribution in [1.29, 1.82) is 0 Å². The summed E-state index contributed by atoms with van der Waals surface area (Å²) in [6, 6.07) is 15.9. The van der Waals surface area contributed by atoms with E-state index in [0.29, 0.717) is 24.6 Å². The molecule has 2 saturated heterocycles. The quantitative estimate of drug-likeness (QED) is 0.251. The highest BCUT2D eigenvalue weighted by Crippen LogP contribution is 2.39. The minimum absolute atomic E-state index is 0.00565. The van der Waals surface area contributed by atoms with Crippen LogP contribution in [0.4, 0.5) is 5.69 Å². The SMILES string of the molecule is COC[C@@H]1CCCN1C[C@H]1C[C@@H](c2ccc(CO)cc2)O[C@@H](c2ccc(NC(=O)CCCCCCC(=O)O)cc2)O1. The molecule has 4 rings (SSSR count). The van der Waals surface area contributed by atoms with Gasteiger partial charge in [-0.25, -0.2) is 0 Å². The molecule has 9 nitrogen and oxygen atoms in total. The van der Waals surface area contributed by atoms with Crippen molar-refractivity contribution in [3.63, 3.8) is 0 Å². The Morgan fingerprint density at radius 2 is 1.68 bits per heavy atom. The molecule has 9 heteroatoms. The van der Waals surface area contributed by atoms with E-state index in [2.05, 4.69) is 10.2 Å². The van der Waals surface area contributed by atoms with Gasteiger partial charge >= 0.3 is 5.97 Å². The Kier molecular flexibility index (Phi) is 12.1. The standard InChI is InChI=1S/C32H44N2O7/c1-39-22-27-7-6-18-34(27)20-28-19-29(24-12-10-23(21-35)11-13-24)41-32(40-28)25-14-16-26(17-15-25)33-30(36)8-4-2-3-5-9-31(37)38/h10-17,27-29,32,35H,2-9,18-22H2,1H3,(H,33,36)(H,37,38)/t27-,28+,29-,32-/m0/s1. The van der Waals surface area contributed by atoms with Crippen LogP contribution in [0.3, 0.4) is 0 Å². The Hall–Kier alpha value is -2.82. The average molecular weight is 569 g/mol. The maximum absolute atomic E-state index is 12.4. The number of carboxylic acids is 1. The molecule has 0 radical (unpaired) electrons. The van der Waals surface area contributed by atoms with Gasteiger partial charge in [-0.2, -0.15) is 0 Å². The van der Waals surface area contributed by atoms with Gasteiger partial charge in [0.2, 0.25) is 5.91 Å². The van der Waals surface area contributed by atoms with Gasteiger partial charge in [-0.15, -0.1) is 0 Å². The van der Waals surface area contributed by atoms with Gasteiger partial charge in [0.1, 0.15) is 0 Å². The maximum atomic E-state index is 12.4. The number of likely N-dealkylation sites (tertiary alicyclic amines) is 1. The van der Waals surface area contributed by atoms with Crippen molar-refractivity contribution in [1.82, 2.24) is 4.90 Å². The highest BCUT2D eigenvalue weighted by molar-refractivity contribution is 5.90. The number of unbranched alkanes of at least 4 members (excludes halogenated alkanes) is 3. The number of carboxylic acid groups (broad SMARTS) is 1. The lowest BCUT2D eigenvalue weighted by Crippen LogP contribution is -2.42. The Morgan fingerprint density at radius 1 is 0.976 bits per heavy atom. The van der Waals surface area contributed by atoms with Crippen molar-refractivity contribution < 1.29 is 34.0 Å². The fourth-order valence-corrected chi connectivity index (χ4v) is 5.67. The van der Waals surface area contributed by atoms with Crippen molar-refractivity contribution in [3.05, 3.63) is 65.2 Å². The van der Waals surface area contributed by atoms with E-state index in [1.807, 2.05) is 48.5 Å². The van der Waals surface area contributed by atoms with E-state index in [1.165, 1.54) is 0 Å². The molecule has 2 fully saturated rings. The molecule has 0 saturated carbocycles. The summed E-state index contributed by atoms with van der Waals surface area (Å²) in [5.41, 5.74) is 3.52. The summed E-state index contributed by atoms with van der Waals surface area (Å²) in [5, 5.41) is 21.1. The lowest BCUT2D eigenvalue weighted by molar-refractivity contribution is -0.253. The first-order chi connectivity index (χ1) is 19.9. The third-order valence-electron chi connectivity index (χ3n) is 7.92. The molecule has 0 aromatic heterocycles. The number of rotatable bonds is 15. The van der Waals surface area contributed by atoms with Gasteiger partial charge in [-0.3, -0.25) is 14.5 Å². The third kappa shape index (κ3) is 9.61. The zero-order valence-corrected chi connectivity index (χ0v) is 24.0. The number of methoxy groups -OCH3 is 1. The van der Waals surface area contributed by atoms with E-state index in [9.17, 15) is 14.7 Å². The predicted molar refractivity (Wildman–Crippen MR) is 155 cm³/mol. The number of ether oxygens (including phenoxy) is 3. The third-order valence-corrected chi connectivity index (χ3v) is 7.92. The van der Waals surface area contributed by atoms with Crippen LogP contribution >= 0.6 is 0 Å². The molecule has 41 heavy (non-hydrogen) atoms. The Morgan fingerprint density at radius 3 is 2.37 bits per heavy atom. The van der Waals surface area contributed by atoms with E-state index in [-0.39, 0.29) is 31.1 Å².